The molecule has 4 amide bonds. The summed E-state index contributed by atoms with van der Waals surface area (Å²) < 4.78 is 0. The van der Waals surface area contributed by atoms with Crippen molar-refractivity contribution in [1.82, 2.24) is 9.80 Å². The van der Waals surface area contributed by atoms with E-state index in [0.29, 0.717) is 22.3 Å². The zero-order valence-corrected chi connectivity index (χ0v) is 24.7. The van der Waals surface area contributed by atoms with Crippen molar-refractivity contribution in [1.29, 1.82) is 0 Å². The average Bonchev–Trinajstić information content (AvgIpc) is 2.83. The van der Waals surface area contributed by atoms with Crippen LogP contribution in [0.25, 0.3) is 21.5 Å². The third-order valence-electron chi connectivity index (χ3n) is 5.71. The SMILES string of the molecule is [CH2-]N1C(=O)c2cccc3cccc(c23)C1=O.[CH2-]N1C(=O)c2cccc3cccc(c23)C1=O.[CH3-].[Y].[Y]. The normalized spacial score (nSPS) is 13.4. The Kier molecular flexibility index (Phi) is 9.40. The van der Waals surface area contributed by atoms with Crippen molar-refractivity contribution in [2.45, 2.75) is 0 Å². The minimum absolute atomic E-state index is 0. The van der Waals surface area contributed by atoms with Crippen LogP contribution in [0.3, 0.4) is 0 Å². The van der Waals surface area contributed by atoms with E-state index >= 15 is 0 Å². The molecule has 35 heavy (non-hydrogen) atoms. The molecule has 0 N–H and O–H groups in total. The van der Waals surface area contributed by atoms with Crippen molar-refractivity contribution in [3.05, 3.63) is 117 Å². The molecule has 0 saturated carbocycles. The summed E-state index contributed by atoms with van der Waals surface area (Å²) >= 11 is 0. The van der Waals surface area contributed by atoms with Gasteiger partial charge in [0.2, 0.25) is 23.6 Å². The van der Waals surface area contributed by atoms with Crippen molar-refractivity contribution in [2.75, 3.05) is 0 Å². The number of carbonyl (C=O) groups is 4. The van der Waals surface area contributed by atoms with Crippen molar-refractivity contribution in [3.8, 4) is 0 Å². The molecular formula is C27H19N2O4Y2-3. The molecule has 0 aliphatic carbocycles. The number of hydrogen-bond acceptors (Lipinski definition) is 4. The number of imide groups is 2. The van der Waals surface area contributed by atoms with E-state index in [-0.39, 0.29) is 96.5 Å². The Morgan fingerprint density at radius 1 is 0.457 bits per heavy atom. The Labute approximate surface area is 253 Å². The van der Waals surface area contributed by atoms with E-state index in [2.05, 4.69) is 14.1 Å². The van der Waals surface area contributed by atoms with Gasteiger partial charge in [-0.3, -0.25) is 19.2 Å². The van der Waals surface area contributed by atoms with Crippen LogP contribution in [0.5, 0.6) is 0 Å². The summed E-state index contributed by atoms with van der Waals surface area (Å²) in [6.45, 7) is 0. The largest absolute Gasteiger partial charge is 0.430 e. The molecule has 8 heteroatoms. The predicted molar refractivity (Wildman–Crippen MR) is 126 cm³/mol. The number of amides is 4. The van der Waals surface area contributed by atoms with Gasteiger partial charge in [-0.25, -0.2) is 14.1 Å². The van der Waals surface area contributed by atoms with E-state index in [9.17, 15) is 19.2 Å². The van der Waals surface area contributed by atoms with Crippen LogP contribution in [0.15, 0.2) is 72.8 Å². The first-order valence-corrected chi connectivity index (χ1v) is 9.82. The zero-order valence-electron chi connectivity index (χ0n) is 19.0. The Morgan fingerprint density at radius 3 is 0.914 bits per heavy atom. The fourth-order valence-corrected chi connectivity index (χ4v) is 4.16. The van der Waals surface area contributed by atoms with Crippen LogP contribution in [0.4, 0.5) is 0 Å². The Hall–Kier alpha value is -2.11. The van der Waals surface area contributed by atoms with Crippen molar-refractivity contribution in [2.24, 2.45) is 0 Å². The van der Waals surface area contributed by atoms with E-state index in [1.54, 1.807) is 24.3 Å². The van der Waals surface area contributed by atoms with Gasteiger partial charge >= 0.3 is 0 Å². The second kappa shape index (κ2) is 11.3. The molecule has 0 spiro atoms. The Balaban J connectivity index is 0.000000227. The summed E-state index contributed by atoms with van der Waals surface area (Å²) in [4.78, 5) is 49.3. The van der Waals surface area contributed by atoms with Crippen LogP contribution in [0.2, 0.25) is 0 Å². The molecule has 2 aliphatic rings. The first-order chi connectivity index (χ1) is 15.4. The van der Waals surface area contributed by atoms with E-state index < -0.39 is 0 Å². The maximum Gasteiger partial charge on any atom is 0.231 e. The summed E-state index contributed by atoms with van der Waals surface area (Å²) in [5.41, 5.74) is 2.18. The molecule has 0 fully saturated rings. The summed E-state index contributed by atoms with van der Waals surface area (Å²) in [6, 6.07) is 21.7. The zero-order chi connectivity index (χ0) is 22.6. The van der Waals surface area contributed by atoms with Crippen LogP contribution < -0.4 is 0 Å². The molecule has 2 heterocycles. The quantitative estimate of drug-likeness (QED) is 0.209. The molecule has 4 aromatic rings. The monoisotopic (exact) mass is 613 g/mol. The molecule has 4 aromatic carbocycles. The molecule has 0 aromatic heterocycles. The standard InChI is InChI=1S/2C13H8NO2.CH3.2Y/c2*1-14-12(15)9-6-2-4-8-5-3-7-10(11(8)9)13(14)16;;;/h2*2-7H,1H2;1H3;;/q3*-1;;. The molecule has 6 rings (SSSR count). The van der Waals surface area contributed by atoms with Gasteiger partial charge in [0.05, 0.1) is 0 Å². The van der Waals surface area contributed by atoms with Gasteiger partial charge in [-0.2, -0.15) is 0 Å². The summed E-state index contributed by atoms with van der Waals surface area (Å²) in [5, 5.41) is 3.29. The van der Waals surface area contributed by atoms with Crippen LogP contribution in [0.1, 0.15) is 41.4 Å². The third-order valence-corrected chi connectivity index (χ3v) is 5.71. The van der Waals surface area contributed by atoms with Crippen molar-refractivity contribution in [3.63, 3.8) is 0 Å². The molecule has 2 radical (unpaired) electrons. The first kappa shape index (κ1) is 29.1. The molecule has 170 valence electrons. The summed E-state index contributed by atoms with van der Waals surface area (Å²) in [5.74, 6) is -1.35. The van der Waals surface area contributed by atoms with Crippen LogP contribution in [-0.2, 0) is 65.4 Å². The smallest absolute Gasteiger partial charge is 0.231 e. The summed E-state index contributed by atoms with van der Waals surface area (Å²) in [7, 11) is 6.96. The topological polar surface area (TPSA) is 74.8 Å². The van der Waals surface area contributed by atoms with E-state index in [0.717, 1.165) is 31.3 Å². The van der Waals surface area contributed by atoms with Gasteiger partial charge in [-0.15, -0.1) is 0 Å². The molecule has 0 atom stereocenters. The van der Waals surface area contributed by atoms with Crippen LogP contribution >= 0.6 is 0 Å². The number of carbonyl (C=O) groups excluding carboxylic acids is 4. The maximum atomic E-state index is 11.9. The number of nitrogens with zero attached hydrogens (tertiary/aromatic N) is 2. The average molecular weight is 613 g/mol. The number of hydrogen-bond donors (Lipinski definition) is 0. The number of benzene rings is 4. The van der Waals surface area contributed by atoms with Crippen LogP contribution in [0, 0.1) is 21.5 Å². The van der Waals surface area contributed by atoms with Gasteiger partial charge in [0, 0.05) is 98.4 Å². The fraction of sp³-hybridized carbons (Fsp3) is 0. The second-order valence-corrected chi connectivity index (χ2v) is 7.50. The van der Waals surface area contributed by atoms with E-state index in [4.69, 9.17) is 0 Å². The van der Waals surface area contributed by atoms with Gasteiger partial charge in [0.15, 0.2) is 0 Å². The Bertz CT molecular complexity index is 1280. The molecular weight excluding hydrogens is 594 g/mol. The van der Waals surface area contributed by atoms with Gasteiger partial charge in [-0.1, -0.05) is 48.5 Å². The Morgan fingerprint density at radius 2 is 0.686 bits per heavy atom. The summed E-state index contributed by atoms with van der Waals surface area (Å²) in [6.07, 6.45) is 0. The first-order valence-electron chi connectivity index (χ1n) is 9.82. The molecule has 0 bridgehead atoms. The number of rotatable bonds is 0. The fourth-order valence-electron chi connectivity index (χ4n) is 4.16. The molecule has 0 unspecified atom stereocenters. The second-order valence-electron chi connectivity index (χ2n) is 7.50. The third kappa shape index (κ3) is 4.70. The molecule has 6 nitrogen and oxygen atoms in total. The van der Waals surface area contributed by atoms with Gasteiger partial charge < -0.3 is 17.2 Å². The minimum Gasteiger partial charge on any atom is -0.430 e. The van der Waals surface area contributed by atoms with Gasteiger partial charge in [0.1, 0.15) is 0 Å². The maximum absolute atomic E-state index is 11.9. The van der Waals surface area contributed by atoms with Crippen molar-refractivity contribution < 1.29 is 84.6 Å². The van der Waals surface area contributed by atoms with Gasteiger partial charge in [0.25, 0.3) is 0 Å². The van der Waals surface area contributed by atoms with E-state index in [1.165, 1.54) is 0 Å². The molecule has 2 aliphatic heterocycles. The van der Waals surface area contributed by atoms with E-state index in [1.807, 2.05) is 48.5 Å². The minimum atomic E-state index is -0.339. The molecule has 0 saturated heterocycles. The van der Waals surface area contributed by atoms with Crippen molar-refractivity contribution >= 4 is 45.2 Å². The predicted octanol–water partition coefficient (Wildman–Crippen LogP) is 4.90. The van der Waals surface area contributed by atoms with Crippen LogP contribution in [-0.4, -0.2) is 33.4 Å². The van der Waals surface area contributed by atoms with Gasteiger partial charge in [-0.05, 0) is 35.0 Å².